The van der Waals surface area contributed by atoms with E-state index in [1.54, 1.807) is 6.92 Å². The molecule has 7 heteroatoms. The molecular formula is C14H28N2O5. The van der Waals surface area contributed by atoms with Gasteiger partial charge in [0.1, 0.15) is 5.60 Å². The number of hydrogen-bond acceptors (Lipinski definition) is 5. The van der Waals surface area contributed by atoms with Crippen molar-refractivity contribution in [3.05, 3.63) is 0 Å². The van der Waals surface area contributed by atoms with E-state index in [1.807, 2.05) is 20.8 Å². The standard InChI is InChI=1S/C14H28N2O5/c1-5-12(17)15-6-8-19-10-11-20-9-7-16-13(18)21-14(2,3)4/h5-11H2,1-4H3,(H,15,17)(H,16,18). The molecule has 0 spiro atoms. The lowest BCUT2D eigenvalue weighted by Gasteiger charge is -2.19. The molecule has 0 aromatic rings. The molecule has 21 heavy (non-hydrogen) atoms. The van der Waals surface area contributed by atoms with Crippen molar-refractivity contribution in [3.8, 4) is 0 Å². The Kier molecular flexibility index (Phi) is 10.6. The Labute approximate surface area is 126 Å². The largest absolute Gasteiger partial charge is 0.444 e. The van der Waals surface area contributed by atoms with Gasteiger partial charge >= 0.3 is 6.09 Å². The molecule has 7 nitrogen and oxygen atoms in total. The van der Waals surface area contributed by atoms with Crippen LogP contribution in [0.15, 0.2) is 0 Å². The maximum atomic E-state index is 11.3. The number of rotatable bonds is 10. The molecular weight excluding hydrogens is 276 g/mol. The fourth-order valence-electron chi connectivity index (χ4n) is 1.25. The van der Waals surface area contributed by atoms with E-state index in [1.165, 1.54) is 0 Å². The lowest BCUT2D eigenvalue weighted by Crippen LogP contribution is -2.34. The summed E-state index contributed by atoms with van der Waals surface area (Å²) in [6.07, 6.45) is 0.0299. The Morgan fingerprint density at radius 2 is 1.43 bits per heavy atom. The molecule has 0 aliphatic heterocycles. The van der Waals surface area contributed by atoms with Crippen molar-refractivity contribution in [1.82, 2.24) is 10.6 Å². The molecule has 0 heterocycles. The van der Waals surface area contributed by atoms with E-state index in [2.05, 4.69) is 10.6 Å². The fraction of sp³-hybridized carbons (Fsp3) is 0.857. The number of carbonyl (C=O) groups is 2. The molecule has 0 atom stereocenters. The van der Waals surface area contributed by atoms with Crippen LogP contribution >= 0.6 is 0 Å². The van der Waals surface area contributed by atoms with E-state index in [-0.39, 0.29) is 5.91 Å². The lowest BCUT2D eigenvalue weighted by molar-refractivity contribution is -0.121. The van der Waals surface area contributed by atoms with Crippen LogP contribution < -0.4 is 10.6 Å². The van der Waals surface area contributed by atoms with Crippen LogP contribution in [0, 0.1) is 0 Å². The van der Waals surface area contributed by atoms with Crippen molar-refractivity contribution >= 4 is 12.0 Å². The zero-order valence-corrected chi connectivity index (χ0v) is 13.5. The normalized spacial score (nSPS) is 11.0. The molecule has 0 rings (SSSR count). The highest BCUT2D eigenvalue weighted by Crippen LogP contribution is 2.05. The molecule has 124 valence electrons. The van der Waals surface area contributed by atoms with Gasteiger partial charge in [-0.2, -0.15) is 0 Å². The minimum atomic E-state index is -0.494. The highest BCUT2D eigenvalue weighted by molar-refractivity contribution is 5.75. The lowest BCUT2D eigenvalue weighted by atomic mass is 10.2. The Balaban J connectivity index is 3.26. The van der Waals surface area contributed by atoms with Crippen LogP contribution in [-0.2, 0) is 19.0 Å². The summed E-state index contributed by atoms with van der Waals surface area (Å²) in [7, 11) is 0. The number of ether oxygens (including phenoxy) is 3. The third-order valence-electron chi connectivity index (χ3n) is 2.18. The van der Waals surface area contributed by atoms with Crippen LogP contribution in [0.4, 0.5) is 4.79 Å². The molecule has 0 unspecified atom stereocenters. The van der Waals surface area contributed by atoms with Crippen molar-refractivity contribution in [1.29, 1.82) is 0 Å². The van der Waals surface area contributed by atoms with E-state index in [4.69, 9.17) is 14.2 Å². The van der Waals surface area contributed by atoms with E-state index in [0.717, 1.165) is 0 Å². The second kappa shape index (κ2) is 11.3. The third kappa shape index (κ3) is 14.9. The molecule has 0 aliphatic rings. The van der Waals surface area contributed by atoms with Gasteiger partial charge < -0.3 is 24.8 Å². The van der Waals surface area contributed by atoms with Gasteiger partial charge in [-0.25, -0.2) is 4.79 Å². The Bertz CT molecular complexity index is 302. The second-order valence-electron chi connectivity index (χ2n) is 5.36. The first-order valence-corrected chi connectivity index (χ1v) is 7.24. The van der Waals surface area contributed by atoms with Gasteiger partial charge in [-0.1, -0.05) is 6.92 Å². The minimum Gasteiger partial charge on any atom is -0.444 e. The van der Waals surface area contributed by atoms with Crippen molar-refractivity contribution in [2.75, 3.05) is 39.5 Å². The summed E-state index contributed by atoms with van der Waals surface area (Å²) < 4.78 is 15.6. The van der Waals surface area contributed by atoms with Gasteiger partial charge in [0, 0.05) is 19.5 Å². The number of amides is 2. The zero-order valence-electron chi connectivity index (χ0n) is 13.5. The molecule has 0 bridgehead atoms. The van der Waals surface area contributed by atoms with Crippen LogP contribution in [0.5, 0.6) is 0 Å². The fourth-order valence-corrected chi connectivity index (χ4v) is 1.25. The summed E-state index contributed by atoms with van der Waals surface area (Å²) in [5, 5.41) is 5.30. The summed E-state index contributed by atoms with van der Waals surface area (Å²) >= 11 is 0. The maximum Gasteiger partial charge on any atom is 0.407 e. The average Bonchev–Trinajstić information content (AvgIpc) is 2.38. The minimum absolute atomic E-state index is 0.0167. The van der Waals surface area contributed by atoms with E-state index in [0.29, 0.717) is 45.9 Å². The van der Waals surface area contributed by atoms with Gasteiger partial charge in [0.2, 0.25) is 5.91 Å². The topological polar surface area (TPSA) is 85.9 Å². The second-order valence-corrected chi connectivity index (χ2v) is 5.36. The molecule has 0 aromatic heterocycles. The van der Waals surface area contributed by atoms with Crippen molar-refractivity contribution in [2.24, 2.45) is 0 Å². The van der Waals surface area contributed by atoms with E-state index in [9.17, 15) is 9.59 Å². The monoisotopic (exact) mass is 304 g/mol. The number of hydrogen-bond donors (Lipinski definition) is 2. The first-order valence-electron chi connectivity index (χ1n) is 7.24. The first kappa shape index (κ1) is 19.7. The zero-order chi connectivity index (χ0) is 16.1. The molecule has 0 fully saturated rings. The Hall–Kier alpha value is -1.34. The molecule has 2 N–H and O–H groups in total. The van der Waals surface area contributed by atoms with Gasteiger partial charge in [-0.15, -0.1) is 0 Å². The van der Waals surface area contributed by atoms with Gasteiger partial charge in [-0.3, -0.25) is 4.79 Å². The number of nitrogens with one attached hydrogen (secondary N) is 2. The molecule has 0 radical (unpaired) electrons. The molecule has 2 amide bonds. The average molecular weight is 304 g/mol. The van der Waals surface area contributed by atoms with Gasteiger partial charge in [0.15, 0.2) is 0 Å². The summed E-state index contributed by atoms with van der Waals surface area (Å²) in [6.45, 7) is 9.88. The van der Waals surface area contributed by atoms with E-state index >= 15 is 0 Å². The summed E-state index contributed by atoms with van der Waals surface area (Å²) in [6, 6.07) is 0. The predicted octanol–water partition coefficient (Wildman–Crippen LogP) is 1.07. The van der Waals surface area contributed by atoms with Gasteiger partial charge in [-0.05, 0) is 20.8 Å². The molecule has 0 aromatic carbocycles. The van der Waals surface area contributed by atoms with Crippen LogP contribution in [0.2, 0.25) is 0 Å². The molecule has 0 aliphatic carbocycles. The SMILES string of the molecule is CCC(=O)NCCOCCOCCNC(=O)OC(C)(C)C. The number of alkyl carbamates (subject to hydrolysis) is 1. The van der Waals surface area contributed by atoms with Crippen molar-refractivity contribution in [2.45, 2.75) is 39.7 Å². The van der Waals surface area contributed by atoms with E-state index < -0.39 is 11.7 Å². The summed E-state index contributed by atoms with van der Waals surface area (Å²) in [4.78, 5) is 22.2. The van der Waals surface area contributed by atoms with Crippen LogP contribution in [0.1, 0.15) is 34.1 Å². The maximum absolute atomic E-state index is 11.3. The van der Waals surface area contributed by atoms with Crippen LogP contribution in [-0.4, -0.2) is 57.1 Å². The molecule has 0 saturated carbocycles. The first-order chi connectivity index (χ1) is 9.85. The highest BCUT2D eigenvalue weighted by atomic mass is 16.6. The smallest absolute Gasteiger partial charge is 0.407 e. The highest BCUT2D eigenvalue weighted by Gasteiger charge is 2.15. The Morgan fingerprint density at radius 3 is 1.90 bits per heavy atom. The van der Waals surface area contributed by atoms with Crippen molar-refractivity contribution in [3.63, 3.8) is 0 Å². The van der Waals surface area contributed by atoms with Crippen molar-refractivity contribution < 1.29 is 23.8 Å². The summed E-state index contributed by atoms with van der Waals surface area (Å²) in [5.41, 5.74) is -0.494. The third-order valence-corrected chi connectivity index (χ3v) is 2.18. The van der Waals surface area contributed by atoms with Crippen LogP contribution in [0.25, 0.3) is 0 Å². The van der Waals surface area contributed by atoms with Crippen LogP contribution in [0.3, 0.4) is 0 Å². The predicted molar refractivity (Wildman–Crippen MR) is 79.2 cm³/mol. The van der Waals surface area contributed by atoms with Gasteiger partial charge in [0.25, 0.3) is 0 Å². The quantitative estimate of drug-likeness (QED) is 0.590. The summed E-state index contributed by atoms with van der Waals surface area (Å²) in [5.74, 6) is 0.0167. The molecule has 0 saturated heterocycles. The van der Waals surface area contributed by atoms with Gasteiger partial charge in [0.05, 0.1) is 26.4 Å². The Morgan fingerprint density at radius 1 is 0.905 bits per heavy atom. The number of carbonyl (C=O) groups excluding carboxylic acids is 2.